The summed E-state index contributed by atoms with van der Waals surface area (Å²) < 4.78 is 40.4. The molecular weight excluding hydrogens is 515 g/mol. The van der Waals surface area contributed by atoms with Crippen molar-refractivity contribution in [2.24, 2.45) is 17.8 Å². The van der Waals surface area contributed by atoms with Crippen LogP contribution in [0.1, 0.15) is 50.2 Å². The van der Waals surface area contributed by atoms with E-state index in [1.165, 1.54) is 30.1 Å². The van der Waals surface area contributed by atoms with E-state index >= 15 is 0 Å². The van der Waals surface area contributed by atoms with E-state index in [1.54, 1.807) is 24.6 Å². The Morgan fingerprint density at radius 1 is 1.29 bits per heavy atom. The normalized spacial score (nSPS) is 14.1. The van der Waals surface area contributed by atoms with Gasteiger partial charge in [-0.3, -0.25) is 4.79 Å². The number of nitrogens with one attached hydrogen (secondary N) is 2. The number of aromatic nitrogens is 3. The summed E-state index contributed by atoms with van der Waals surface area (Å²) in [7, 11) is 1.78. The lowest BCUT2D eigenvalue weighted by Crippen LogP contribution is -2.34. The number of halogens is 3. The van der Waals surface area contributed by atoms with Crippen LogP contribution in [0.15, 0.2) is 63.6 Å². The van der Waals surface area contributed by atoms with E-state index in [0.29, 0.717) is 34.9 Å². The maximum absolute atomic E-state index is 13.0. The lowest BCUT2D eigenvalue weighted by Gasteiger charge is -2.19. The van der Waals surface area contributed by atoms with Crippen LogP contribution < -0.4 is 16.4 Å². The van der Waals surface area contributed by atoms with Gasteiger partial charge in [0.1, 0.15) is 11.2 Å². The van der Waals surface area contributed by atoms with E-state index < -0.39 is 11.7 Å². The van der Waals surface area contributed by atoms with Crippen molar-refractivity contribution in [3.05, 3.63) is 69.9 Å². The molecule has 4 N–H and O–H groups in total. The number of aliphatic imine (C=N–C) groups is 1. The van der Waals surface area contributed by atoms with E-state index in [1.807, 2.05) is 32.9 Å². The van der Waals surface area contributed by atoms with Gasteiger partial charge in [-0.05, 0) is 57.5 Å². The van der Waals surface area contributed by atoms with Crippen LogP contribution in [-0.2, 0) is 13.2 Å². The van der Waals surface area contributed by atoms with Crippen LogP contribution in [0.4, 0.5) is 24.8 Å². The van der Waals surface area contributed by atoms with Crippen LogP contribution in [0.5, 0.6) is 0 Å². The monoisotopic (exact) mass is 545 g/mol. The molecule has 0 saturated heterocycles. The lowest BCUT2D eigenvalue weighted by molar-refractivity contribution is -0.137. The van der Waals surface area contributed by atoms with Crippen molar-refractivity contribution in [2.45, 2.75) is 46.3 Å². The van der Waals surface area contributed by atoms with Crippen molar-refractivity contribution in [1.29, 1.82) is 0 Å². The van der Waals surface area contributed by atoms with Crippen LogP contribution in [0.2, 0.25) is 0 Å². The Bertz CT molecular complexity index is 1390. The Morgan fingerprint density at radius 2 is 1.97 bits per heavy atom. The average molecular weight is 546 g/mol. The number of allylic oxidation sites excluding steroid dienone is 2. The molecule has 12 heteroatoms. The first kappa shape index (κ1) is 28.8. The molecule has 0 bridgehead atoms. The van der Waals surface area contributed by atoms with Crippen LogP contribution in [0.3, 0.4) is 0 Å². The van der Waals surface area contributed by atoms with Crippen LogP contribution in [0, 0.1) is 0 Å². The molecule has 1 unspecified atom stereocenters. The molecule has 38 heavy (non-hydrogen) atoms. The number of anilines is 1. The fourth-order valence-corrected chi connectivity index (χ4v) is 4.55. The first-order chi connectivity index (χ1) is 17.9. The molecule has 8 nitrogen and oxygen atoms in total. The van der Waals surface area contributed by atoms with Gasteiger partial charge in [0, 0.05) is 17.6 Å². The number of amidine groups is 1. The number of aryl methyl sites for hydroxylation is 1. The van der Waals surface area contributed by atoms with Crippen LogP contribution >= 0.6 is 11.8 Å². The molecule has 2 aromatic heterocycles. The van der Waals surface area contributed by atoms with Gasteiger partial charge in [0.25, 0.3) is 5.91 Å². The number of carbonyl (C=O) groups excluding carboxylic acids is 1. The Labute approximate surface area is 223 Å². The highest BCUT2D eigenvalue weighted by atomic mass is 32.2. The molecular formula is C26H30F3N7OS. The number of nitrogens with two attached hydrogens (primary N) is 1. The van der Waals surface area contributed by atoms with Crippen molar-refractivity contribution in [3.8, 4) is 0 Å². The van der Waals surface area contributed by atoms with Crippen molar-refractivity contribution < 1.29 is 18.0 Å². The van der Waals surface area contributed by atoms with Crippen LogP contribution in [-0.4, -0.2) is 32.3 Å². The minimum Gasteiger partial charge on any atom is -0.387 e. The number of nitrogens with zero attached hydrogens (tertiary/aromatic N) is 4. The summed E-state index contributed by atoms with van der Waals surface area (Å²) in [6.45, 7) is 7.33. The second-order valence-corrected chi connectivity index (χ2v) is 9.56. The highest BCUT2D eigenvalue weighted by Gasteiger charge is 2.30. The lowest BCUT2D eigenvalue weighted by atomic mass is 10.2. The summed E-state index contributed by atoms with van der Waals surface area (Å²) in [4.78, 5) is 26.7. The van der Waals surface area contributed by atoms with Gasteiger partial charge in [0.05, 0.1) is 34.2 Å². The van der Waals surface area contributed by atoms with E-state index in [0.717, 1.165) is 22.1 Å². The third-order valence-corrected chi connectivity index (χ3v) is 6.72. The van der Waals surface area contributed by atoms with E-state index in [4.69, 9.17) is 5.73 Å². The highest BCUT2D eigenvalue weighted by Crippen LogP contribution is 2.32. The van der Waals surface area contributed by atoms with Gasteiger partial charge in [-0.1, -0.05) is 30.8 Å². The maximum atomic E-state index is 13.0. The molecule has 0 aliphatic rings. The van der Waals surface area contributed by atoms with Gasteiger partial charge in [-0.25, -0.2) is 15.0 Å². The standard InChI is InChI=1S/C26H30F3N7OS/c1-6-8-23(34-18-11-9-17(10-12-18)26(27,28)29)38-22(7-2)15(3)32-24(37)19-13-21-20(14-31-19)35-25(36(21)5)33-16(4)30/h7-15,34H,6H2,1-5H3,(H,32,37)(H2,30,33,35)/b22-7-,23-8+. The number of thioether (sulfide) groups is 1. The maximum Gasteiger partial charge on any atom is 0.416 e. The van der Waals surface area contributed by atoms with Crippen molar-refractivity contribution >= 4 is 46.2 Å². The average Bonchev–Trinajstić information content (AvgIpc) is 3.16. The summed E-state index contributed by atoms with van der Waals surface area (Å²) in [5.41, 5.74) is 6.98. The molecule has 1 amide bonds. The molecule has 0 fully saturated rings. The Morgan fingerprint density at radius 3 is 2.55 bits per heavy atom. The SMILES string of the molecule is C/C=C(\S/C(=C/CC)Nc1ccc(C(F)(F)F)cc1)C(C)NC(=O)c1cc2c(cn1)nc(/N=C(\C)N)n2C. The molecule has 2 heterocycles. The second kappa shape index (κ2) is 12.2. The molecule has 1 aromatic carbocycles. The Kier molecular flexibility index (Phi) is 9.21. The van der Waals surface area contributed by atoms with Gasteiger partial charge in [0.2, 0.25) is 5.95 Å². The quantitative estimate of drug-likeness (QED) is 0.221. The number of benzene rings is 1. The molecule has 3 rings (SSSR count). The van der Waals surface area contributed by atoms with Gasteiger partial charge in [0.15, 0.2) is 0 Å². The predicted molar refractivity (Wildman–Crippen MR) is 147 cm³/mol. The third-order valence-electron chi connectivity index (χ3n) is 5.41. The smallest absolute Gasteiger partial charge is 0.387 e. The number of hydrogen-bond acceptors (Lipinski definition) is 6. The molecule has 0 aliphatic heterocycles. The number of alkyl halides is 3. The molecule has 3 aromatic rings. The summed E-state index contributed by atoms with van der Waals surface area (Å²) in [6.07, 6.45) is 1.64. The second-order valence-electron chi connectivity index (χ2n) is 8.45. The predicted octanol–water partition coefficient (Wildman–Crippen LogP) is 6.11. The van der Waals surface area contributed by atoms with Gasteiger partial charge >= 0.3 is 6.18 Å². The van der Waals surface area contributed by atoms with Gasteiger partial charge in [-0.2, -0.15) is 13.2 Å². The number of pyridine rings is 1. The number of amides is 1. The zero-order valence-electron chi connectivity index (χ0n) is 21.7. The zero-order valence-corrected chi connectivity index (χ0v) is 22.5. The summed E-state index contributed by atoms with van der Waals surface area (Å²) in [6, 6.07) is 6.13. The molecule has 0 spiro atoms. The fourth-order valence-electron chi connectivity index (χ4n) is 3.52. The first-order valence-corrected chi connectivity index (χ1v) is 12.7. The molecule has 1 atom stereocenters. The largest absolute Gasteiger partial charge is 0.416 e. The van der Waals surface area contributed by atoms with Crippen molar-refractivity contribution in [3.63, 3.8) is 0 Å². The van der Waals surface area contributed by atoms with Crippen LogP contribution in [0.25, 0.3) is 11.0 Å². The summed E-state index contributed by atoms with van der Waals surface area (Å²) in [5.74, 6) is 0.414. The van der Waals surface area contributed by atoms with Gasteiger partial charge < -0.3 is 20.9 Å². The molecule has 202 valence electrons. The van der Waals surface area contributed by atoms with Gasteiger partial charge in [-0.15, -0.1) is 0 Å². The Balaban J connectivity index is 1.72. The summed E-state index contributed by atoms with van der Waals surface area (Å²) >= 11 is 1.39. The minimum atomic E-state index is -4.39. The first-order valence-electron chi connectivity index (χ1n) is 11.9. The zero-order chi connectivity index (χ0) is 28.0. The molecule has 0 radical (unpaired) electrons. The Hall–Kier alpha value is -3.80. The number of carbonyl (C=O) groups is 1. The number of hydrogen-bond donors (Lipinski definition) is 3. The fraction of sp³-hybridized carbons (Fsp3) is 0.308. The minimum absolute atomic E-state index is 0.222. The third kappa shape index (κ3) is 7.15. The van der Waals surface area contributed by atoms with Crippen molar-refractivity contribution in [1.82, 2.24) is 19.9 Å². The highest BCUT2D eigenvalue weighted by molar-refractivity contribution is 8.06. The number of imidazole rings is 1. The topological polar surface area (TPSA) is 110 Å². The van der Waals surface area contributed by atoms with Crippen molar-refractivity contribution in [2.75, 3.05) is 5.32 Å². The number of fused-ring (bicyclic) bond motifs is 1. The number of rotatable bonds is 9. The van der Waals surface area contributed by atoms with E-state index in [-0.39, 0.29) is 17.6 Å². The summed E-state index contributed by atoms with van der Waals surface area (Å²) in [5, 5.41) is 6.86. The van der Waals surface area contributed by atoms with E-state index in [9.17, 15) is 18.0 Å². The van der Waals surface area contributed by atoms with E-state index in [2.05, 4.69) is 25.6 Å². The molecule has 0 saturated carbocycles. The molecule has 0 aliphatic carbocycles.